The number of para-hydroxylation sites is 2. The maximum atomic E-state index is 10.8. The summed E-state index contributed by atoms with van der Waals surface area (Å²) in [5.74, 6) is -0.261. The van der Waals surface area contributed by atoms with E-state index in [0.29, 0.717) is 5.69 Å². The molecule has 65 valence electrons. The molecule has 2 rings (SSSR count). The Labute approximate surface area is 75.6 Å². The standard InChI is InChI=1S/C9H8N3O/c10-7-3-1-2-4-8(7)12-6-5-9(13)11-12/h1-6H,10H2. The molecule has 1 aliphatic heterocycles. The highest BCUT2D eigenvalue weighted by Gasteiger charge is 2.16. The van der Waals surface area contributed by atoms with Gasteiger partial charge in [0.25, 0.3) is 5.91 Å². The Kier molecular flexibility index (Phi) is 1.66. The number of hydrogen-bond donors (Lipinski definition) is 1. The highest BCUT2D eigenvalue weighted by molar-refractivity contribution is 5.93. The number of nitrogen functional groups attached to an aromatic ring is 1. The van der Waals surface area contributed by atoms with Crippen molar-refractivity contribution in [3.63, 3.8) is 0 Å². The number of carbonyl (C=O) groups is 1. The molecule has 1 aromatic carbocycles. The van der Waals surface area contributed by atoms with Gasteiger partial charge in [0, 0.05) is 12.3 Å². The maximum absolute atomic E-state index is 10.8. The molecule has 0 saturated heterocycles. The van der Waals surface area contributed by atoms with E-state index in [1.54, 1.807) is 12.3 Å². The maximum Gasteiger partial charge on any atom is 0.288 e. The number of hydrogen-bond acceptors (Lipinski definition) is 3. The van der Waals surface area contributed by atoms with Crippen molar-refractivity contribution in [2.75, 3.05) is 10.7 Å². The van der Waals surface area contributed by atoms with Crippen LogP contribution in [-0.2, 0) is 4.79 Å². The summed E-state index contributed by atoms with van der Waals surface area (Å²) in [6, 6.07) is 7.25. The first-order valence-electron chi connectivity index (χ1n) is 3.85. The van der Waals surface area contributed by atoms with Crippen molar-refractivity contribution in [2.24, 2.45) is 0 Å². The molecule has 0 aliphatic carbocycles. The van der Waals surface area contributed by atoms with Gasteiger partial charge in [0.15, 0.2) is 0 Å². The number of anilines is 2. The Morgan fingerprint density at radius 1 is 1.31 bits per heavy atom. The zero-order valence-corrected chi connectivity index (χ0v) is 6.84. The number of carbonyl (C=O) groups excluding carboxylic acids is 1. The van der Waals surface area contributed by atoms with Crippen molar-refractivity contribution >= 4 is 17.3 Å². The van der Waals surface area contributed by atoms with Gasteiger partial charge in [-0.1, -0.05) is 12.1 Å². The third kappa shape index (κ3) is 1.33. The van der Waals surface area contributed by atoms with Crippen molar-refractivity contribution in [3.05, 3.63) is 36.5 Å². The van der Waals surface area contributed by atoms with Crippen LogP contribution in [0.5, 0.6) is 0 Å². The molecule has 0 spiro atoms. The quantitative estimate of drug-likeness (QED) is 0.636. The van der Waals surface area contributed by atoms with E-state index >= 15 is 0 Å². The average molecular weight is 174 g/mol. The fourth-order valence-corrected chi connectivity index (χ4v) is 1.14. The van der Waals surface area contributed by atoms with Crippen molar-refractivity contribution in [2.45, 2.75) is 0 Å². The summed E-state index contributed by atoms with van der Waals surface area (Å²) in [6.45, 7) is 0. The highest BCUT2D eigenvalue weighted by atomic mass is 16.2. The monoisotopic (exact) mass is 174 g/mol. The van der Waals surface area contributed by atoms with Crippen LogP contribution in [0.3, 0.4) is 0 Å². The van der Waals surface area contributed by atoms with E-state index < -0.39 is 0 Å². The molecular formula is C9H8N3O. The highest BCUT2D eigenvalue weighted by Crippen LogP contribution is 2.22. The Balaban J connectivity index is 2.32. The Hall–Kier alpha value is -1.97. The van der Waals surface area contributed by atoms with Crippen LogP contribution in [-0.4, -0.2) is 5.91 Å². The number of amides is 1. The van der Waals surface area contributed by atoms with Gasteiger partial charge in [-0.3, -0.25) is 4.79 Å². The normalized spacial score (nSPS) is 14.8. The lowest BCUT2D eigenvalue weighted by Gasteiger charge is -2.14. The lowest BCUT2D eigenvalue weighted by Crippen LogP contribution is -2.25. The summed E-state index contributed by atoms with van der Waals surface area (Å²) >= 11 is 0. The molecule has 1 heterocycles. The van der Waals surface area contributed by atoms with Crippen LogP contribution in [0.4, 0.5) is 11.4 Å². The van der Waals surface area contributed by atoms with E-state index in [1.165, 1.54) is 11.1 Å². The summed E-state index contributed by atoms with van der Waals surface area (Å²) in [4.78, 5) is 10.8. The Bertz CT molecular complexity index is 373. The van der Waals surface area contributed by atoms with Crippen LogP contribution in [0.15, 0.2) is 36.5 Å². The van der Waals surface area contributed by atoms with E-state index in [1.807, 2.05) is 18.2 Å². The van der Waals surface area contributed by atoms with E-state index in [4.69, 9.17) is 5.73 Å². The van der Waals surface area contributed by atoms with Gasteiger partial charge in [0.1, 0.15) is 0 Å². The molecule has 1 aliphatic rings. The minimum atomic E-state index is -0.261. The molecule has 13 heavy (non-hydrogen) atoms. The molecule has 1 radical (unpaired) electrons. The van der Waals surface area contributed by atoms with Crippen LogP contribution in [0, 0.1) is 0 Å². The minimum absolute atomic E-state index is 0.261. The molecule has 4 heteroatoms. The van der Waals surface area contributed by atoms with Gasteiger partial charge in [-0.25, -0.2) is 5.01 Å². The minimum Gasteiger partial charge on any atom is -0.397 e. The molecule has 4 nitrogen and oxygen atoms in total. The third-order valence-corrected chi connectivity index (χ3v) is 1.75. The van der Waals surface area contributed by atoms with Crippen molar-refractivity contribution in [3.8, 4) is 0 Å². The molecule has 0 fully saturated rings. The summed E-state index contributed by atoms with van der Waals surface area (Å²) in [5, 5.41) is 1.47. The molecule has 0 saturated carbocycles. The number of rotatable bonds is 1. The molecule has 1 amide bonds. The third-order valence-electron chi connectivity index (χ3n) is 1.75. The Morgan fingerprint density at radius 2 is 2.08 bits per heavy atom. The van der Waals surface area contributed by atoms with Gasteiger partial charge in [0.05, 0.1) is 11.4 Å². The van der Waals surface area contributed by atoms with Gasteiger partial charge < -0.3 is 5.73 Å². The van der Waals surface area contributed by atoms with Crippen LogP contribution in [0.1, 0.15) is 0 Å². The Morgan fingerprint density at radius 3 is 2.69 bits per heavy atom. The van der Waals surface area contributed by atoms with E-state index in [0.717, 1.165) is 5.69 Å². The number of nitrogens with zero attached hydrogens (tertiary/aromatic N) is 2. The van der Waals surface area contributed by atoms with Crippen molar-refractivity contribution < 1.29 is 4.79 Å². The second kappa shape index (κ2) is 2.82. The van der Waals surface area contributed by atoms with Crippen LogP contribution in [0.25, 0.3) is 0 Å². The summed E-state index contributed by atoms with van der Waals surface area (Å²) in [7, 11) is 0. The van der Waals surface area contributed by atoms with Crippen LogP contribution >= 0.6 is 0 Å². The van der Waals surface area contributed by atoms with Gasteiger partial charge in [-0.2, -0.15) is 0 Å². The van der Waals surface area contributed by atoms with Crippen LogP contribution in [0.2, 0.25) is 0 Å². The molecule has 0 aromatic heterocycles. The molecule has 0 bridgehead atoms. The fraction of sp³-hybridized carbons (Fsp3) is 0. The largest absolute Gasteiger partial charge is 0.397 e. The summed E-state index contributed by atoms with van der Waals surface area (Å²) in [5.41, 5.74) is 10.8. The lowest BCUT2D eigenvalue weighted by atomic mass is 10.3. The lowest BCUT2D eigenvalue weighted by molar-refractivity contribution is -0.116. The van der Waals surface area contributed by atoms with Gasteiger partial charge in [-0.15, -0.1) is 5.43 Å². The number of nitrogens with two attached hydrogens (primary N) is 1. The molecule has 0 atom stereocenters. The zero-order valence-electron chi connectivity index (χ0n) is 6.84. The first kappa shape index (κ1) is 7.67. The van der Waals surface area contributed by atoms with E-state index in [-0.39, 0.29) is 5.91 Å². The fourth-order valence-electron chi connectivity index (χ4n) is 1.14. The van der Waals surface area contributed by atoms with Crippen molar-refractivity contribution in [1.82, 2.24) is 5.43 Å². The molecular weight excluding hydrogens is 166 g/mol. The molecule has 0 unspecified atom stereocenters. The summed E-state index contributed by atoms with van der Waals surface area (Å²) in [6.07, 6.45) is 2.99. The van der Waals surface area contributed by atoms with Gasteiger partial charge >= 0.3 is 0 Å². The second-order valence-corrected chi connectivity index (χ2v) is 2.66. The molecule has 2 N–H and O–H groups in total. The average Bonchev–Trinajstić information content (AvgIpc) is 2.53. The molecule has 1 aromatic rings. The van der Waals surface area contributed by atoms with Gasteiger partial charge in [-0.05, 0) is 12.1 Å². The van der Waals surface area contributed by atoms with E-state index in [2.05, 4.69) is 5.43 Å². The first-order chi connectivity index (χ1) is 6.27. The topological polar surface area (TPSA) is 60.4 Å². The second-order valence-electron chi connectivity index (χ2n) is 2.66. The summed E-state index contributed by atoms with van der Waals surface area (Å²) < 4.78 is 0. The number of benzene rings is 1. The predicted molar refractivity (Wildman–Crippen MR) is 49.6 cm³/mol. The van der Waals surface area contributed by atoms with Gasteiger partial charge in [0.2, 0.25) is 0 Å². The smallest absolute Gasteiger partial charge is 0.288 e. The van der Waals surface area contributed by atoms with Crippen LogP contribution < -0.4 is 16.2 Å². The van der Waals surface area contributed by atoms with Crippen molar-refractivity contribution in [1.29, 1.82) is 0 Å². The SMILES string of the molecule is Nc1ccccc1N1C=CC(=O)[N]1. The zero-order chi connectivity index (χ0) is 9.26. The predicted octanol–water partition coefficient (Wildman–Crippen LogP) is 0.648. The first-order valence-corrected chi connectivity index (χ1v) is 3.85. The van der Waals surface area contributed by atoms with E-state index in [9.17, 15) is 4.79 Å².